The molecule has 0 saturated carbocycles. The van der Waals surface area contributed by atoms with Gasteiger partial charge in [-0.2, -0.15) is 5.10 Å². The Labute approximate surface area is 166 Å². The Kier molecular flexibility index (Phi) is 6.92. The fourth-order valence-corrected chi connectivity index (χ4v) is 3.41. The van der Waals surface area contributed by atoms with E-state index in [-0.39, 0.29) is 6.04 Å². The van der Waals surface area contributed by atoms with Gasteiger partial charge in [-0.15, -0.1) is 0 Å². The lowest BCUT2D eigenvalue weighted by Gasteiger charge is -2.34. The van der Waals surface area contributed by atoms with Gasteiger partial charge in [0.15, 0.2) is 5.11 Å². The molecule has 3 rings (SSSR count). The van der Waals surface area contributed by atoms with Crippen LogP contribution in [0.15, 0.2) is 59.7 Å². The lowest BCUT2D eigenvalue weighted by Crippen LogP contribution is -2.42. The summed E-state index contributed by atoms with van der Waals surface area (Å²) in [7, 11) is 0. The molecule has 27 heavy (non-hydrogen) atoms. The number of benzene rings is 2. The predicted octanol–water partition coefficient (Wildman–Crippen LogP) is 3.73. The minimum Gasteiger partial charge on any atom is -0.379 e. The van der Waals surface area contributed by atoms with E-state index >= 15 is 0 Å². The maximum atomic E-state index is 5.51. The van der Waals surface area contributed by atoms with Crippen LogP contribution in [-0.4, -0.2) is 42.0 Å². The standard InChI is InChI=1S/C21H26N4OS/c1-16-8-6-7-11-19(16)22-21(27)24-23-17(2)20(18-9-4-3-5-10-18)25-12-14-26-15-13-25/h3-11,20H,12-15H2,1-2H3,(H2,22,24,27)/b23-17-/t20-/m1/s1. The number of rotatable bonds is 5. The van der Waals surface area contributed by atoms with E-state index in [0.717, 1.165) is 43.3 Å². The average molecular weight is 383 g/mol. The van der Waals surface area contributed by atoms with Gasteiger partial charge in [0, 0.05) is 18.8 Å². The van der Waals surface area contributed by atoms with E-state index in [1.54, 1.807) is 0 Å². The summed E-state index contributed by atoms with van der Waals surface area (Å²) in [5.74, 6) is 0. The van der Waals surface area contributed by atoms with E-state index in [1.807, 2.05) is 44.2 Å². The van der Waals surface area contributed by atoms with Crippen molar-refractivity contribution in [3.05, 3.63) is 65.7 Å². The molecular weight excluding hydrogens is 356 g/mol. The topological polar surface area (TPSA) is 48.9 Å². The van der Waals surface area contributed by atoms with Crippen molar-refractivity contribution in [3.63, 3.8) is 0 Å². The second-order valence-electron chi connectivity index (χ2n) is 6.60. The molecule has 0 amide bonds. The Balaban J connectivity index is 1.72. The van der Waals surface area contributed by atoms with Crippen molar-refractivity contribution in [2.24, 2.45) is 5.10 Å². The van der Waals surface area contributed by atoms with Crippen molar-refractivity contribution in [1.29, 1.82) is 0 Å². The first-order valence-corrected chi connectivity index (χ1v) is 9.59. The molecule has 6 heteroatoms. The number of ether oxygens (including phenoxy) is 1. The molecule has 0 spiro atoms. The van der Waals surface area contributed by atoms with Gasteiger partial charge in [-0.25, -0.2) is 0 Å². The molecule has 1 heterocycles. The normalized spacial score (nSPS) is 16.6. The lowest BCUT2D eigenvalue weighted by atomic mass is 10.0. The van der Waals surface area contributed by atoms with Crippen LogP contribution < -0.4 is 10.7 Å². The van der Waals surface area contributed by atoms with Crippen LogP contribution in [0.4, 0.5) is 5.69 Å². The fraction of sp³-hybridized carbons (Fsp3) is 0.333. The van der Waals surface area contributed by atoms with Gasteiger partial charge >= 0.3 is 0 Å². The van der Waals surface area contributed by atoms with Gasteiger partial charge in [0.2, 0.25) is 0 Å². The third-order valence-electron chi connectivity index (χ3n) is 4.65. The minimum absolute atomic E-state index is 0.101. The van der Waals surface area contributed by atoms with Crippen LogP contribution in [-0.2, 0) is 4.74 Å². The van der Waals surface area contributed by atoms with Gasteiger partial charge in [-0.05, 0) is 43.3 Å². The smallest absolute Gasteiger partial charge is 0.191 e. The van der Waals surface area contributed by atoms with Gasteiger partial charge in [-0.3, -0.25) is 10.3 Å². The van der Waals surface area contributed by atoms with Crippen LogP contribution in [0.25, 0.3) is 0 Å². The highest BCUT2D eigenvalue weighted by Crippen LogP contribution is 2.23. The number of hydrazone groups is 1. The molecule has 142 valence electrons. The van der Waals surface area contributed by atoms with Crippen molar-refractivity contribution in [2.45, 2.75) is 19.9 Å². The summed E-state index contributed by atoms with van der Waals surface area (Å²) in [6.07, 6.45) is 0. The van der Waals surface area contributed by atoms with Crippen LogP contribution in [0.1, 0.15) is 24.1 Å². The van der Waals surface area contributed by atoms with E-state index in [9.17, 15) is 0 Å². The molecule has 0 unspecified atom stereocenters. The first-order valence-electron chi connectivity index (χ1n) is 9.18. The van der Waals surface area contributed by atoms with Crippen molar-refractivity contribution >= 4 is 28.7 Å². The minimum atomic E-state index is 0.101. The lowest BCUT2D eigenvalue weighted by molar-refractivity contribution is 0.0285. The highest BCUT2D eigenvalue weighted by Gasteiger charge is 2.25. The number of hydrogen-bond donors (Lipinski definition) is 2. The summed E-state index contributed by atoms with van der Waals surface area (Å²) in [5, 5.41) is 8.27. The van der Waals surface area contributed by atoms with Gasteiger partial charge in [-0.1, -0.05) is 48.5 Å². The third-order valence-corrected chi connectivity index (χ3v) is 4.84. The fourth-order valence-electron chi connectivity index (χ4n) is 3.25. The quantitative estimate of drug-likeness (QED) is 0.469. The number of aryl methyl sites for hydroxylation is 1. The van der Waals surface area contributed by atoms with E-state index in [2.05, 4.69) is 45.0 Å². The summed E-state index contributed by atoms with van der Waals surface area (Å²) in [6.45, 7) is 7.35. The highest BCUT2D eigenvalue weighted by molar-refractivity contribution is 7.80. The summed E-state index contributed by atoms with van der Waals surface area (Å²) < 4.78 is 5.51. The van der Waals surface area contributed by atoms with E-state index in [0.29, 0.717) is 5.11 Å². The molecule has 1 atom stereocenters. The second kappa shape index (κ2) is 9.60. The Morgan fingerprint density at radius 2 is 1.74 bits per heavy atom. The van der Waals surface area contributed by atoms with Crippen molar-refractivity contribution in [1.82, 2.24) is 10.3 Å². The van der Waals surface area contributed by atoms with Crippen LogP contribution in [0.5, 0.6) is 0 Å². The summed E-state index contributed by atoms with van der Waals surface area (Å²) in [4.78, 5) is 2.40. The Morgan fingerprint density at radius 3 is 2.44 bits per heavy atom. The van der Waals surface area contributed by atoms with E-state index in [4.69, 9.17) is 17.0 Å². The van der Waals surface area contributed by atoms with Crippen molar-refractivity contribution in [2.75, 3.05) is 31.6 Å². The molecule has 2 aromatic carbocycles. The summed E-state index contributed by atoms with van der Waals surface area (Å²) >= 11 is 5.41. The number of thiocarbonyl (C=S) groups is 1. The monoisotopic (exact) mass is 382 g/mol. The molecule has 1 fully saturated rings. The number of morpholine rings is 1. The SMILES string of the molecule is C/C(=N/NC(=S)Nc1ccccc1C)[C@H](c1ccccc1)N1CCOCC1. The van der Waals surface area contributed by atoms with Crippen LogP contribution in [0.3, 0.4) is 0 Å². The molecule has 2 aromatic rings. The molecule has 0 aromatic heterocycles. The highest BCUT2D eigenvalue weighted by atomic mass is 32.1. The first-order chi connectivity index (χ1) is 13.1. The molecule has 0 aliphatic carbocycles. The van der Waals surface area contributed by atoms with E-state index < -0.39 is 0 Å². The largest absolute Gasteiger partial charge is 0.379 e. The van der Waals surface area contributed by atoms with Gasteiger partial charge < -0.3 is 10.1 Å². The molecule has 5 nitrogen and oxygen atoms in total. The molecular formula is C21H26N4OS. The summed E-state index contributed by atoms with van der Waals surface area (Å²) in [6, 6.07) is 18.6. The maximum absolute atomic E-state index is 5.51. The Bertz CT molecular complexity index is 788. The van der Waals surface area contributed by atoms with Crippen molar-refractivity contribution in [3.8, 4) is 0 Å². The number of anilines is 1. The van der Waals surface area contributed by atoms with E-state index in [1.165, 1.54) is 5.56 Å². The number of para-hydroxylation sites is 1. The first kappa shape index (κ1) is 19.5. The molecule has 0 radical (unpaired) electrons. The van der Waals surface area contributed by atoms with Gasteiger partial charge in [0.1, 0.15) is 0 Å². The molecule has 0 bridgehead atoms. The van der Waals surface area contributed by atoms with Crippen molar-refractivity contribution < 1.29 is 4.74 Å². The second-order valence-corrected chi connectivity index (χ2v) is 7.00. The maximum Gasteiger partial charge on any atom is 0.191 e. The molecule has 1 saturated heterocycles. The van der Waals surface area contributed by atoms with Gasteiger partial charge in [0.05, 0.1) is 25.0 Å². The van der Waals surface area contributed by atoms with Crippen LogP contribution in [0.2, 0.25) is 0 Å². The van der Waals surface area contributed by atoms with Gasteiger partial charge in [0.25, 0.3) is 0 Å². The summed E-state index contributed by atoms with van der Waals surface area (Å²) in [5.41, 5.74) is 7.31. The predicted molar refractivity (Wildman–Crippen MR) is 115 cm³/mol. The zero-order valence-corrected chi connectivity index (χ0v) is 16.6. The Hall–Kier alpha value is -2.28. The van der Waals surface area contributed by atoms with Crippen LogP contribution in [0, 0.1) is 6.92 Å². The molecule has 1 aliphatic heterocycles. The zero-order valence-electron chi connectivity index (χ0n) is 15.8. The Morgan fingerprint density at radius 1 is 1.07 bits per heavy atom. The number of nitrogens with one attached hydrogen (secondary N) is 2. The number of hydrogen-bond acceptors (Lipinski definition) is 4. The molecule has 2 N–H and O–H groups in total. The average Bonchev–Trinajstić information content (AvgIpc) is 2.70. The zero-order chi connectivity index (χ0) is 19.1. The number of nitrogens with zero attached hydrogens (tertiary/aromatic N) is 2. The molecule has 1 aliphatic rings. The third kappa shape index (κ3) is 5.35. The van der Waals surface area contributed by atoms with Crippen LogP contribution >= 0.6 is 12.2 Å².